The molecular formula is C12H26N2O2Si. The Morgan fingerprint density at radius 2 is 1.88 bits per heavy atom. The summed E-state index contributed by atoms with van der Waals surface area (Å²) in [5.41, 5.74) is 0. The van der Waals surface area contributed by atoms with Gasteiger partial charge in [0, 0.05) is 12.6 Å². The molecular weight excluding hydrogens is 232 g/mol. The average molecular weight is 258 g/mol. The number of amides is 2. The lowest BCUT2D eigenvalue weighted by Crippen LogP contribution is -2.44. The molecule has 0 saturated heterocycles. The Labute approximate surface area is 106 Å². The van der Waals surface area contributed by atoms with Gasteiger partial charge in [-0.05, 0) is 32.5 Å². The van der Waals surface area contributed by atoms with Gasteiger partial charge < -0.3 is 15.1 Å². The van der Waals surface area contributed by atoms with Crippen molar-refractivity contribution in [3.8, 4) is 0 Å². The van der Waals surface area contributed by atoms with Gasteiger partial charge in [0.1, 0.15) is 0 Å². The van der Waals surface area contributed by atoms with E-state index in [9.17, 15) is 4.79 Å². The second kappa shape index (κ2) is 7.01. The van der Waals surface area contributed by atoms with Crippen LogP contribution in [0.1, 0.15) is 32.1 Å². The Bertz CT molecular complexity index is 235. The van der Waals surface area contributed by atoms with Crippen LogP contribution in [0.25, 0.3) is 0 Å². The fourth-order valence-electron chi connectivity index (χ4n) is 2.01. The molecule has 2 amide bonds. The number of hydrogen-bond donors (Lipinski definition) is 2. The first kappa shape index (κ1) is 14.5. The number of carbonyl (C=O) groups excluding carboxylic acids is 1. The number of nitrogens with one attached hydrogen (secondary N) is 2. The van der Waals surface area contributed by atoms with Gasteiger partial charge >= 0.3 is 6.03 Å². The molecule has 0 radical (unpaired) electrons. The molecule has 1 aliphatic carbocycles. The summed E-state index contributed by atoms with van der Waals surface area (Å²) in [6.45, 7) is 7.66. The van der Waals surface area contributed by atoms with Crippen molar-refractivity contribution in [3.63, 3.8) is 0 Å². The number of carbonyl (C=O) groups is 1. The first-order valence-electron chi connectivity index (χ1n) is 6.66. The van der Waals surface area contributed by atoms with E-state index in [0.29, 0.717) is 19.2 Å². The van der Waals surface area contributed by atoms with E-state index in [1.54, 1.807) is 0 Å². The highest BCUT2D eigenvalue weighted by Crippen LogP contribution is 2.17. The van der Waals surface area contributed by atoms with Crippen LogP contribution in [0.2, 0.25) is 19.6 Å². The van der Waals surface area contributed by atoms with Gasteiger partial charge in [0.25, 0.3) is 0 Å². The average Bonchev–Trinajstić information content (AvgIpc) is 2.25. The van der Waals surface area contributed by atoms with Crippen molar-refractivity contribution >= 4 is 14.3 Å². The first-order chi connectivity index (χ1) is 7.97. The van der Waals surface area contributed by atoms with Crippen molar-refractivity contribution in [3.05, 3.63) is 0 Å². The lowest BCUT2D eigenvalue weighted by molar-refractivity contribution is 0.228. The SMILES string of the molecule is C[Si](C)(C)OCCNC(=O)NC1CCCCC1. The van der Waals surface area contributed by atoms with Crippen LogP contribution in [0.3, 0.4) is 0 Å². The normalized spacial score (nSPS) is 17.8. The molecule has 0 spiro atoms. The van der Waals surface area contributed by atoms with Crippen LogP contribution in [0.5, 0.6) is 0 Å². The van der Waals surface area contributed by atoms with Crippen molar-refractivity contribution in [1.29, 1.82) is 0 Å². The molecule has 0 heterocycles. The maximum atomic E-state index is 11.6. The maximum absolute atomic E-state index is 11.6. The zero-order valence-corrected chi connectivity index (χ0v) is 12.3. The molecule has 0 unspecified atom stereocenters. The zero-order chi connectivity index (χ0) is 12.7. The molecule has 0 aromatic carbocycles. The largest absolute Gasteiger partial charge is 0.416 e. The lowest BCUT2D eigenvalue weighted by atomic mass is 9.96. The molecule has 2 N–H and O–H groups in total. The van der Waals surface area contributed by atoms with Gasteiger partial charge in [0.15, 0.2) is 8.32 Å². The van der Waals surface area contributed by atoms with Gasteiger partial charge in [0.2, 0.25) is 0 Å². The molecule has 0 aromatic rings. The Hall–Kier alpha value is -0.553. The van der Waals surface area contributed by atoms with Crippen LogP contribution < -0.4 is 10.6 Å². The van der Waals surface area contributed by atoms with Crippen LogP contribution in [-0.2, 0) is 4.43 Å². The van der Waals surface area contributed by atoms with Crippen molar-refractivity contribution < 1.29 is 9.22 Å². The van der Waals surface area contributed by atoms with Gasteiger partial charge in [0.05, 0.1) is 6.61 Å². The molecule has 1 saturated carbocycles. The summed E-state index contributed by atoms with van der Waals surface area (Å²) >= 11 is 0. The molecule has 0 atom stereocenters. The quantitative estimate of drug-likeness (QED) is 0.588. The van der Waals surface area contributed by atoms with Gasteiger partial charge in [-0.25, -0.2) is 4.79 Å². The number of hydrogen-bond acceptors (Lipinski definition) is 2. The predicted molar refractivity (Wildman–Crippen MR) is 72.7 cm³/mol. The molecule has 1 aliphatic rings. The lowest BCUT2D eigenvalue weighted by Gasteiger charge is -2.23. The third-order valence-electron chi connectivity index (χ3n) is 2.86. The van der Waals surface area contributed by atoms with Crippen LogP contribution in [0.4, 0.5) is 4.79 Å². The smallest absolute Gasteiger partial charge is 0.315 e. The Balaban J connectivity index is 2.04. The van der Waals surface area contributed by atoms with E-state index in [2.05, 4.69) is 30.3 Å². The van der Waals surface area contributed by atoms with Crippen LogP contribution in [0.15, 0.2) is 0 Å². The molecule has 4 nitrogen and oxygen atoms in total. The van der Waals surface area contributed by atoms with E-state index in [-0.39, 0.29) is 6.03 Å². The van der Waals surface area contributed by atoms with Crippen molar-refractivity contribution in [2.24, 2.45) is 0 Å². The van der Waals surface area contributed by atoms with Crippen molar-refractivity contribution in [1.82, 2.24) is 10.6 Å². The number of urea groups is 1. The van der Waals surface area contributed by atoms with Gasteiger partial charge in [-0.3, -0.25) is 0 Å². The topological polar surface area (TPSA) is 50.4 Å². The summed E-state index contributed by atoms with van der Waals surface area (Å²) in [5.74, 6) is 0. The Morgan fingerprint density at radius 3 is 2.47 bits per heavy atom. The summed E-state index contributed by atoms with van der Waals surface area (Å²) in [6, 6.07) is 0.331. The van der Waals surface area contributed by atoms with Gasteiger partial charge in [-0.1, -0.05) is 19.3 Å². The van der Waals surface area contributed by atoms with Crippen molar-refractivity contribution in [2.75, 3.05) is 13.2 Å². The highest BCUT2D eigenvalue weighted by molar-refractivity contribution is 6.69. The maximum Gasteiger partial charge on any atom is 0.315 e. The molecule has 0 aromatic heterocycles. The molecule has 17 heavy (non-hydrogen) atoms. The summed E-state index contributed by atoms with van der Waals surface area (Å²) < 4.78 is 5.67. The second-order valence-corrected chi connectivity index (χ2v) is 10.2. The van der Waals surface area contributed by atoms with E-state index in [0.717, 1.165) is 12.8 Å². The second-order valence-electron chi connectivity index (χ2n) is 5.70. The summed E-state index contributed by atoms with van der Waals surface area (Å²) in [5, 5.41) is 5.87. The standard InChI is InChI=1S/C12H26N2O2Si/c1-17(2,3)16-10-9-13-12(15)14-11-7-5-4-6-8-11/h11H,4-10H2,1-3H3,(H2,13,14,15). The molecule has 0 aliphatic heterocycles. The highest BCUT2D eigenvalue weighted by atomic mass is 28.4. The van der Waals surface area contributed by atoms with E-state index < -0.39 is 8.32 Å². The van der Waals surface area contributed by atoms with Gasteiger partial charge in [-0.2, -0.15) is 0 Å². The van der Waals surface area contributed by atoms with E-state index in [1.807, 2.05) is 0 Å². The minimum atomic E-state index is -1.44. The molecule has 1 rings (SSSR count). The Kier molecular flexibility index (Phi) is 5.98. The first-order valence-corrected chi connectivity index (χ1v) is 10.1. The Morgan fingerprint density at radius 1 is 1.24 bits per heavy atom. The van der Waals surface area contributed by atoms with Crippen LogP contribution >= 0.6 is 0 Å². The van der Waals surface area contributed by atoms with Crippen LogP contribution in [0, 0.1) is 0 Å². The van der Waals surface area contributed by atoms with E-state index in [1.165, 1.54) is 19.3 Å². The van der Waals surface area contributed by atoms with E-state index >= 15 is 0 Å². The zero-order valence-electron chi connectivity index (χ0n) is 11.3. The summed E-state index contributed by atoms with van der Waals surface area (Å²) in [6.07, 6.45) is 6.04. The van der Waals surface area contributed by atoms with Crippen LogP contribution in [-0.4, -0.2) is 33.5 Å². The minimum Gasteiger partial charge on any atom is -0.416 e. The molecule has 100 valence electrons. The fraction of sp³-hybridized carbons (Fsp3) is 0.917. The third kappa shape index (κ3) is 7.39. The minimum absolute atomic E-state index is 0.0453. The summed E-state index contributed by atoms with van der Waals surface area (Å²) in [4.78, 5) is 11.6. The van der Waals surface area contributed by atoms with Crippen molar-refractivity contribution in [2.45, 2.75) is 57.8 Å². The highest BCUT2D eigenvalue weighted by Gasteiger charge is 2.16. The number of rotatable bonds is 5. The third-order valence-corrected chi connectivity index (χ3v) is 3.93. The monoisotopic (exact) mass is 258 g/mol. The van der Waals surface area contributed by atoms with E-state index in [4.69, 9.17) is 4.43 Å². The molecule has 5 heteroatoms. The molecule has 0 bridgehead atoms. The fourth-order valence-corrected chi connectivity index (χ4v) is 2.72. The van der Waals surface area contributed by atoms with Gasteiger partial charge in [-0.15, -0.1) is 0 Å². The summed E-state index contributed by atoms with van der Waals surface area (Å²) in [7, 11) is -1.44. The predicted octanol–water partition coefficient (Wildman–Crippen LogP) is 2.47. The molecule has 1 fully saturated rings.